The molecule has 0 radical (unpaired) electrons. The van der Waals surface area contributed by atoms with Crippen LogP contribution in [0.3, 0.4) is 0 Å². The lowest BCUT2D eigenvalue weighted by Gasteiger charge is -2.33. The number of likely N-dealkylation sites (N-methyl/N-ethyl adjacent to an activating group) is 1. The second-order valence-electron chi connectivity index (χ2n) is 7.37. The van der Waals surface area contributed by atoms with Gasteiger partial charge in [0.2, 0.25) is 0 Å². The fourth-order valence-electron chi connectivity index (χ4n) is 3.26. The number of aromatic nitrogens is 1. The molecule has 1 saturated heterocycles. The minimum absolute atomic E-state index is 0.00360. The minimum atomic E-state index is -0.176. The Morgan fingerprint density at radius 1 is 1.17 bits per heavy atom. The van der Waals surface area contributed by atoms with Crippen molar-refractivity contribution in [2.45, 2.75) is 33.4 Å². The Balaban J connectivity index is 1.62. The zero-order valence-electron chi connectivity index (χ0n) is 17.3. The van der Waals surface area contributed by atoms with Gasteiger partial charge in [0.1, 0.15) is 10.7 Å². The molecule has 0 unspecified atom stereocenters. The van der Waals surface area contributed by atoms with Gasteiger partial charge < -0.3 is 20.0 Å². The monoisotopic (exact) mass is 415 g/mol. The Labute approximate surface area is 176 Å². The lowest BCUT2D eigenvalue weighted by molar-refractivity contribution is 0.0638. The van der Waals surface area contributed by atoms with Crippen molar-refractivity contribution in [1.29, 1.82) is 0 Å². The normalized spacial score (nSPS) is 14.8. The maximum absolute atomic E-state index is 12.8. The summed E-state index contributed by atoms with van der Waals surface area (Å²) >= 11 is 1.43. The topological polar surface area (TPSA) is 68.8 Å². The number of nitrogens with zero attached hydrogens (tertiary/aromatic N) is 4. The van der Waals surface area contributed by atoms with Crippen molar-refractivity contribution in [3.63, 3.8) is 0 Å². The van der Waals surface area contributed by atoms with Gasteiger partial charge in [0.05, 0.1) is 6.54 Å². The summed E-state index contributed by atoms with van der Waals surface area (Å²) in [4.78, 5) is 35.9. The van der Waals surface area contributed by atoms with E-state index in [2.05, 4.69) is 22.1 Å². The van der Waals surface area contributed by atoms with E-state index in [1.54, 1.807) is 10.3 Å². The number of amides is 3. The summed E-state index contributed by atoms with van der Waals surface area (Å²) in [6, 6.07) is 9.22. The molecule has 0 bridgehead atoms. The summed E-state index contributed by atoms with van der Waals surface area (Å²) in [5.74, 6) is -0.0203. The Bertz CT molecular complexity index is 815. The highest BCUT2D eigenvalue weighted by Gasteiger charge is 2.24. The van der Waals surface area contributed by atoms with Crippen LogP contribution in [0.15, 0.2) is 35.7 Å². The number of para-hydroxylation sites is 1. The smallest absolute Gasteiger partial charge is 0.322 e. The second-order valence-corrected chi connectivity index (χ2v) is 8.31. The van der Waals surface area contributed by atoms with Crippen molar-refractivity contribution < 1.29 is 9.59 Å². The van der Waals surface area contributed by atoms with E-state index in [0.29, 0.717) is 12.2 Å². The van der Waals surface area contributed by atoms with Crippen molar-refractivity contribution in [1.82, 2.24) is 19.7 Å². The molecule has 3 rings (SSSR count). The van der Waals surface area contributed by atoms with E-state index in [9.17, 15) is 9.59 Å². The molecule has 1 aliphatic rings. The van der Waals surface area contributed by atoms with Crippen LogP contribution in [-0.4, -0.2) is 70.4 Å². The number of carbonyl (C=O) groups excluding carboxylic acids is 2. The van der Waals surface area contributed by atoms with Crippen LogP contribution >= 0.6 is 11.3 Å². The molecule has 0 atom stereocenters. The molecule has 0 saturated carbocycles. The zero-order valence-corrected chi connectivity index (χ0v) is 18.1. The first-order valence-electron chi connectivity index (χ1n) is 10.1. The third-order valence-electron chi connectivity index (χ3n) is 5.09. The van der Waals surface area contributed by atoms with Crippen LogP contribution in [0.5, 0.6) is 0 Å². The highest BCUT2D eigenvalue weighted by atomic mass is 32.1. The number of hydrogen-bond donors (Lipinski definition) is 1. The van der Waals surface area contributed by atoms with Gasteiger partial charge in [-0.1, -0.05) is 25.1 Å². The molecule has 2 heterocycles. The maximum Gasteiger partial charge on any atom is 0.322 e. The van der Waals surface area contributed by atoms with Crippen LogP contribution < -0.4 is 5.32 Å². The van der Waals surface area contributed by atoms with Crippen LogP contribution in [0.1, 0.15) is 36.3 Å². The molecule has 2 aromatic rings. The largest absolute Gasteiger partial charge is 0.335 e. The summed E-state index contributed by atoms with van der Waals surface area (Å²) in [5.41, 5.74) is 1.23. The lowest BCUT2D eigenvalue weighted by atomic mass is 10.3. The molecule has 1 aromatic heterocycles. The number of nitrogens with one attached hydrogen (secondary N) is 1. The van der Waals surface area contributed by atoms with Crippen LogP contribution in [0.2, 0.25) is 0 Å². The molecule has 0 spiro atoms. The fraction of sp³-hybridized carbons (Fsp3) is 0.476. The maximum atomic E-state index is 12.8. The summed E-state index contributed by atoms with van der Waals surface area (Å²) in [7, 11) is 0. The molecule has 0 aliphatic carbocycles. The molecule has 7 nitrogen and oxygen atoms in total. The number of rotatable bonds is 6. The van der Waals surface area contributed by atoms with Gasteiger partial charge in [-0.3, -0.25) is 4.79 Å². The van der Waals surface area contributed by atoms with Crippen LogP contribution in [0.4, 0.5) is 10.5 Å². The molecule has 1 N–H and O–H groups in total. The molecule has 3 amide bonds. The quantitative estimate of drug-likeness (QED) is 0.785. The number of urea groups is 1. The first-order valence-corrected chi connectivity index (χ1v) is 10.9. The predicted octanol–water partition coefficient (Wildman–Crippen LogP) is 3.36. The molecule has 29 heavy (non-hydrogen) atoms. The summed E-state index contributed by atoms with van der Waals surface area (Å²) in [6.07, 6.45) is 0. The van der Waals surface area contributed by atoms with Gasteiger partial charge in [-0.25, -0.2) is 9.78 Å². The van der Waals surface area contributed by atoms with Crippen molar-refractivity contribution in [3.05, 3.63) is 46.4 Å². The number of hydrogen-bond acceptors (Lipinski definition) is 5. The third-order valence-corrected chi connectivity index (χ3v) is 5.93. The van der Waals surface area contributed by atoms with Gasteiger partial charge in [-0.2, -0.15) is 0 Å². The Morgan fingerprint density at radius 2 is 1.86 bits per heavy atom. The van der Waals surface area contributed by atoms with Crippen molar-refractivity contribution in [2.24, 2.45) is 0 Å². The molecule has 156 valence electrons. The first-order chi connectivity index (χ1) is 14.0. The van der Waals surface area contributed by atoms with E-state index in [1.807, 2.05) is 49.1 Å². The molecular weight excluding hydrogens is 386 g/mol. The van der Waals surface area contributed by atoms with Crippen LogP contribution in [0.25, 0.3) is 0 Å². The van der Waals surface area contributed by atoms with Crippen molar-refractivity contribution in [2.75, 3.05) is 38.0 Å². The van der Waals surface area contributed by atoms with E-state index in [1.165, 1.54) is 11.3 Å². The van der Waals surface area contributed by atoms with Crippen molar-refractivity contribution in [3.8, 4) is 0 Å². The van der Waals surface area contributed by atoms with Gasteiger partial charge in [0, 0.05) is 43.3 Å². The number of carbonyl (C=O) groups is 2. The second kappa shape index (κ2) is 9.84. The number of piperazine rings is 1. The number of anilines is 1. The highest BCUT2D eigenvalue weighted by Crippen LogP contribution is 2.18. The van der Waals surface area contributed by atoms with Gasteiger partial charge in [-0.15, -0.1) is 11.3 Å². The van der Waals surface area contributed by atoms with E-state index in [4.69, 9.17) is 0 Å². The highest BCUT2D eigenvalue weighted by molar-refractivity contribution is 7.09. The molecular formula is C21H29N5O2S. The first kappa shape index (κ1) is 21.3. The van der Waals surface area contributed by atoms with E-state index >= 15 is 0 Å². The fourth-order valence-corrected chi connectivity index (χ4v) is 4.03. The summed E-state index contributed by atoms with van der Waals surface area (Å²) in [6.45, 7) is 10.7. The zero-order chi connectivity index (χ0) is 20.8. The SMILES string of the molecule is CCN1CCN(C(=O)c2csc(CN(C(=O)Nc3ccccc3)C(C)C)n2)CC1. The lowest BCUT2D eigenvalue weighted by Crippen LogP contribution is -2.48. The standard InChI is InChI=1S/C21H29N5O2S/c1-4-24-10-12-25(13-11-24)20(27)18-15-29-19(23-18)14-26(16(2)3)21(28)22-17-8-6-5-7-9-17/h5-9,15-16H,4,10-14H2,1-3H3,(H,22,28). The van der Waals surface area contributed by atoms with Gasteiger partial charge in [0.15, 0.2) is 0 Å². The van der Waals surface area contributed by atoms with Gasteiger partial charge >= 0.3 is 6.03 Å². The summed E-state index contributed by atoms with van der Waals surface area (Å²) in [5, 5.41) is 5.48. The third kappa shape index (κ3) is 5.55. The minimum Gasteiger partial charge on any atom is -0.335 e. The number of benzene rings is 1. The molecule has 1 aromatic carbocycles. The molecule has 1 aliphatic heterocycles. The van der Waals surface area contributed by atoms with Crippen LogP contribution in [-0.2, 0) is 6.54 Å². The molecule has 8 heteroatoms. The van der Waals surface area contributed by atoms with E-state index < -0.39 is 0 Å². The number of thiazole rings is 1. The van der Waals surface area contributed by atoms with E-state index in [-0.39, 0.29) is 18.0 Å². The van der Waals surface area contributed by atoms with Crippen molar-refractivity contribution >= 4 is 29.0 Å². The Kier molecular flexibility index (Phi) is 7.22. The molecule has 1 fully saturated rings. The van der Waals surface area contributed by atoms with E-state index in [0.717, 1.165) is 43.4 Å². The average Bonchev–Trinajstić information content (AvgIpc) is 3.20. The predicted molar refractivity (Wildman–Crippen MR) is 116 cm³/mol. The van der Waals surface area contributed by atoms with Crippen LogP contribution in [0, 0.1) is 0 Å². The summed E-state index contributed by atoms with van der Waals surface area (Å²) < 4.78 is 0. The van der Waals surface area contributed by atoms with Gasteiger partial charge in [-0.05, 0) is 32.5 Å². The van der Waals surface area contributed by atoms with Gasteiger partial charge in [0.25, 0.3) is 5.91 Å². The average molecular weight is 416 g/mol. The Hall–Kier alpha value is -2.45. The Morgan fingerprint density at radius 3 is 2.48 bits per heavy atom.